The Morgan fingerprint density at radius 3 is 2.57 bits per heavy atom. The van der Waals surface area contributed by atoms with Crippen LogP contribution in [-0.4, -0.2) is 32.0 Å². The zero-order valence-electron chi connectivity index (χ0n) is 16.5. The fraction of sp³-hybridized carbons (Fsp3) is 0.333. The van der Waals surface area contributed by atoms with E-state index in [0.717, 1.165) is 34.6 Å². The van der Waals surface area contributed by atoms with Gasteiger partial charge in [-0.25, -0.2) is 4.68 Å². The van der Waals surface area contributed by atoms with Gasteiger partial charge in [0.2, 0.25) is 0 Å². The van der Waals surface area contributed by atoms with Crippen molar-refractivity contribution in [2.24, 2.45) is 7.05 Å². The molecule has 0 spiro atoms. The number of aromatic nitrogens is 4. The van der Waals surface area contributed by atoms with Gasteiger partial charge < -0.3 is 4.90 Å². The third kappa shape index (κ3) is 2.83. The highest BCUT2D eigenvalue weighted by Crippen LogP contribution is 2.29. The molecule has 1 amide bonds. The first kappa shape index (κ1) is 18.2. The van der Waals surface area contributed by atoms with E-state index in [9.17, 15) is 9.59 Å². The van der Waals surface area contributed by atoms with Crippen LogP contribution >= 0.6 is 0 Å². The van der Waals surface area contributed by atoms with E-state index in [4.69, 9.17) is 0 Å². The van der Waals surface area contributed by atoms with Gasteiger partial charge in [-0.2, -0.15) is 10.2 Å². The molecule has 144 valence electrons. The summed E-state index contributed by atoms with van der Waals surface area (Å²) in [5.41, 5.74) is 5.11. The molecule has 0 saturated carbocycles. The van der Waals surface area contributed by atoms with E-state index in [1.807, 2.05) is 45.2 Å². The molecular weight excluding hydrogens is 354 g/mol. The zero-order chi connectivity index (χ0) is 20.0. The number of amides is 1. The molecule has 1 unspecified atom stereocenters. The molecule has 2 aromatic heterocycles. The predicted molar refractivity (Wildman–Crippen MR) is 107 cm³/mol. The number of rotatable bonds is 3. The van der Waals surface area contributed by atoms with Crippen molar-refractivity contribution in [3.63, 3.8) is 0 Å². The van der Waals surface area contributed by atoms with Crippen molar-refractivity contribution >= 4 is 11.6 Å². The molecule has 1 atom stereocenters. The van der Waals surface area contributed by atoms with Gasteiger partial charge >= 0.3 is 0 Å². The largest absolute Gasteiger partial charge is 0.310 e. The van der Waals surface area contributed by atoms with E-state index >= 15 is 0 Å². The second-order valence-electron chi connectivity index (χ2n) is 7.22. The molecule has 7 heteroatoms. The number of hydrogen-bond acceptors (Lipinski definition) is 4. The summed E-state index contributed by atoms with van der Waals surface area (Å²) >= 11 is 0. The van der Waals surface area contributed by atoms with Crippen molar-refractivity contribution in [1.82, 2.24) is 19.6 Å². The lowest BCUT2D eigenvalue weighted by Gasteiger charge is -2.22. The quantitative estimate of drug-likeness (QED) is 0.703. The Labute approximate surface area is 163 Å². The molecular formula is C21H23N5O2. The summed E-state index contributed by atoms with van der Waals surface area (Å²) in [4.78, 5) is 27.4. The minimum Gasteiger partial charge on any atom is -0.310 e. The van der Waals surface area contributed by atoms with Gasteiger partial charge in [0.1, 0.15) is 6.04 Å². The van der Waals surface area contributed by atoms with E-state index in [1.54, 1.807) is 22.6 Å². The van der Waals surface area contributed by atoms with Gasteiger partial charge in [0.05, 0.1) is 11.4 Å². The van der Waals surface area contributed by atoms with Crippen molar-refractivity contribution in [3.8, 4) is 11.3 Å². The highest BCUT2D eigenvalue weighted by molar-refractivity contribution is 5.97. The van der Waals surface area contributed by atoms with Gasteiger partial charge in [-0.15, -0.1) is 0 Å². The van der Waals surface area contributed by atoms with Crippen LogP contribution in [0.15, 0.2) is 41.2 Å². The van der Waals surface area contributed by atoms with Crippen molar-refractivity contribution in [1.29, 1.82) is 0 Å². The second kappa shape index (κ2) is 6.74. The molecule has 28 heavy (non-hydrogen) atoms. The Bertz CT molecular complexity index is 1130. The number of nitrogens with zero attached hydrogens (tertiary/aromatic N) is 5. The standard InChI is InChI=1S/C21H23N5O2/c1-13-20(14(2)24(4)22-13)17-9-10-19(27)26(23-17)15(3)21(28)25-12-11-16-7-5-6-8-18(16)25/h5-10,15H,11-12H2,1-4H3. The SMILES string of the molecule is Cc1nn(C)c(C)c1-c1ccc(=O)n(C(C)C(=O)N2CCc3ccccc32)n1. The zero-order valence-corrected chi connectivity index (χ0v) is 16.5. The van der Waals surface area contributed by atoms with Crippen molar-refractivity contribution in [3.05, 3.63) is 63.7 Å². The topological polar surface area (TPSA) is 73.0 Å². The van der Waals surface area contributed by atoms with Crippen LogP contribution in [-0.2, 0) is 18.3 Å². The van der Waals surface area contributed by atoms with Gasteiger partial charge in [-0.05, 0) is 44.9 Å². The first-order valence-corrected chi connectivity index (χ1v) is 9.38. The number of anilines is 1. The van der Waals surface area contributed by atoms with Crippen LogP contribution < -0.4 is 10.5 Å². The average Bonchev–Trinajstić information content (AvgIpc) is 3.22. The van der Waals surface area contributed by atoms with Gasteiger partial charge in [0.25, 0.3) is 11.5 Å². The van der Waals surface area contributed by atoms with Crippen molar-refractivity contribution in [2.45, 2.75) is 33.2 Å². The summed E-state index contributed by atoms with van der Waals surface area (Å²) in [5.74, 6) is -0.128. The fourth-order valence-corrected chi connectivity index (χ4v) is 3.88. The molecule has 3 aromatic rings. The Morgan fingerprint density at radius 1 is 1.11 bits per heavy atom. The van der Waals surface area contributed by atoms with E-state index in [2.05, 4.69) is 10.2 Å². The van der Waals surface area contributed by atoms with Gasteiger partial charge in [-0.1, -0.05) is 18.2 Å². The van der Waals surface area contributed by atoms with Crippen LogP contribution in [0.2, 0.25) is 0 Å². The van der Waals surface area contributed by atoms with E-state index in [0.29, 0.717) is 12.2 Å². The first-order chi connectivity index (χ1) is 13.4. The molecule has 3 heterocycles. The molecule has 0 N–H and O–H groups in total. The summed E-state index contributed by atoms with van der Waals surface area (Å²) in [6.45, 7) is 6.22. The lowest BCUT2D eigenvalue weighted by Crippen LogP contribution is -2.39. The highest BCUT2D eigenvalue weighted by atomic mass is 16.2. The van der Waals surface area contributed by atoms with Gasteiger partial charge in [0.15, 0.2) is 0 Å². The fourth-order valence-electron chi connectivity index (χ4n) is 3.88. The maximum Gasteiger partial charge on any atom is 0.267 e. The first-order valence-electron chi connectivity index (χ1n) is 9.38. The Hall–Kier alpha value is -3.22. The molecule has 0 aliphatic carbocycles. The van der Waals surface area contributed by atoms with Crippen LogP contribution in [0.25, 0.3) is 11.3 Å². The molecule has 4 rings (SSSR count). The minimum absolute atomic E-state index is 0.128. The van der Waals surface area contributed by atoms with Crippen LogP contribution in [0.3, 0.4) is 0 Å². The summed E-state index contributed by atoms with van der Waals surface area (Å²) < 4.78 is 3.07. The van der Waals surface area contributed by atoms with Gasteiger partial charge in [-0.3, -0.25) is 14.3 Å². The van der Waals surface area contributed by atoms with Gasteiger partial charge in [0, 0.05) is 36.6 Å². The molecule has 7 nitrogen and oxygen atoms in total. The van der Waals surface area contributed by atoms with Crippen LogP contribution in [0, 0.1) is 13.8 Å². The summed E-state index contributed by atoms with van der Waals surface area (Å²) in [5, 5.41) is 8.95. The molecule has 0 radical (unpaired) electrons. The number of benzene rings is 1. The lowest BCUT2D eigenvalue weighted by atomic mass is 10.1. The third-order valence-corrected chi connectivity index (χ3v) is 5.47. The number of hydrogen-bond donors (Lipinski definition) is 0. The number of carbonyl (C=O) groups is 1. The predicted octanol–water partition coefficient (Wildman–Crippen LogP) is 2.41. The highest BCUT2D eigenvalue weighted by Gasteiger charge is 2.29. The van der Waals surface area contributed by atoms with Crippen LogP contribution in [0.5, 0.6) is 0 Å². The third-order valence-electron chi connectivity index (χ3n) is 5.47. The lowest BCUT2D eigenvalue weighted by molar-refractivity contribution is -0.121. The molecule has 0 fully saturated rings. The average molecular weight is 377 g/mol. The molecule has 1 aliphatic heterocycles. The summed E-state index contributed by atoms with van der Waals surface area (Å²) in [7, 11) is 1.87. The molecule has 0 bridgehead atoms. The normalized spacial score (nSPS) is 14.2. The Kier molecular flexibility index (Phi) is 4.37. The summed E-state index contributed by atoms with van der Waals surface area (Å²) in [6, 6.07) is 10.3. The Balaban J connectivity index is 1.71. The monoisotopic (exact) mass is 377 g/mol. The molecule has 1 aliphatic rings. The minimum atomic E-state index is -0.698. The van der Waals surface area contributed by atoms with E-state index in [1.165, 1.54) is 10.7 Å². The van der Waals surface area contributed by atoms with E-state index in [-0.39, 0.29) is 11.5 Å². The summed E-state index contributed by atoms with van der Waals surface area (Å²) in [6.07, 6.45) is 0.824. The van der Waals surface area contributed by atoms with E-state index < -0.39 is 6.04 Å². The van der Waals surface area contributed by atoms with Crippen molar-refractivity contribution in [2.75, 3.05) is 11.4 Å². The second-order valence-corrected chi connectivity index (χ2v) is 7.22. The van der Waals surface area contributed by atoms with Crippen molar-refractivity contribution < 1.29 is 4.79 Å². The number of carbonyl (C=O) groups excluding carboxylic acids is 1. The number of aryl methyl sites for hydroxylation is 2. The smallest absolute Gasteiger partial charge is 0.267 e. The van der Waals surface area contributed by atoms with Crippen LogP contribution in [0.4, 0.5) is 5.69 Å². The number of fused-ring (bicyclic) bond motifs is 1. The van der Waals surface area contributed by atoms with Crippen LogP contribution in [0.1, 0.15) is 29.9 Å². The number of para-hydroxylation sites is 1. The maximum absolute atomic E-state index is 13.2. The Morgan fingerprint density at radius 2 is 1.86 bits per heavy atom. The maximum atomic E-state index is 13.2. The molecule has 1 aromatic carbocycles. The molecule has 0 saturated heterocycles.